The molecule has 1 aliphatic heterocycles. The molecule has 0 saturated heterocycles. The van der Waals surface area contributed by atoms with Crippen molar-refractivity contribution in [2.75, 3.05) is 13.2 Å². The highest BCUT2D eigenvalue weighted by Crippen LogP contribution is 2.41. The van der Waals surface area contributed by atoms with Crippen molar-refractivity contribution in [2.45, 2.75) is 25.8 Å². The van der Waals surface area contributed by atoms with Gasteiger partial charge in [-0.1, -0.05) is 83.5 Å². The van der Waals surface area contributed by atoms with Crippen molar-refractivity contribution in [1.82, 2.24) is 4.57 Å². The van der Waals surface area contributed by atoms with Crippen molar-refractivity contribution in [3.05, 3.63) is 119 Å². The zero-order chi connectivity index (χ0) is 26.9. The molecule has 0 saturated carbocycles. The highest BCUT2D eigenvalue weighted by atomic mass is 35.5. The lowest BCUT2D eigenvalue weighted by molar-refractivity contribution is 0.299. The van der Waals surface area contributed by atoms with E-state index in [-0.39, 0.29) is 18.2 Å². The summed E-state index contributed by atoms with van der Waals surface area (Å²) in [6.07, 6.45) is 8.97. The fourth-order valence-corrected chi connectivity index (χ4v) is 6.57. The number of aromatic nitrogens is 1. The average molecular weight is 553 g/mol. The average Bonchev–Trinajstić information content (AvgIpc) is 3.26. The third kappa shape index (κ3) is 4.58. The summed E-state index contributed by atoms with van der Waals surface area (Å²) in [7, 11) is 0. The fourth-order valence-electron chi connectivity index (χ4n) is 5.30. The number of allylic oxidation sites excluding steroid dienone is 1. The van der Waals surface area contributed by atoms with Gasteiger partial charge in [0.2, 0.25) is 0 Å². The number of rotatable bonds is 6. The van der Waals surface area contributed by atoms with Gasteiger partial charge in [0, 0.05) is 5.56 Å². The van der Waals surface area contributed by atoms with Crippen LogP contribution in [-0.4, -0.2) is 17.8 Å². The summed E-state index contributed by atoms with van der Waals surface area (Å²) in [6.45, 7) is 2.39. The third-order valence-electron chi connectivity index (χ3n) is 6.92. The summed E-state index contributed by atoms with van der Waals surface area (Å²) in [5, 5.41) is 0.365. The quantitative estimate of drug-likeness (QED) is 0.302. The number of halogens is 1. The molecule has 0 spiro atoms. The maximum Gasteiger partial charge on any atom is 0.271 e. The van der Waals surface area contributed by atoms with Gasteiger partial charge >= 0.3 is 0 Å². The number of fused-ring (bicyclic) bond motifs is 3. The summed E-state index contributed by atoms with van der Waals surface area (Å²) in [6, 6.07) is 22.0. The Balaban J connectivity index is 1.54. The summed E-state index contributed by atoms with van der Waals surface area (Å²) in [5.74, 6) is 3.32. The van der Waals surface area contributed by atoms with Gasteiger partial charge in [-0.3, -0.25) is 9.36 Å². The van der Waals surface area contributed by atoms with Gasteiger partial charge in [0.05, 0.1) is 27.9 Å². The van der Waals surface area contributed by atoms with Crippen LogP contribution in [0.15, 0.2) is 82.1 Å². The van der Waals surface area contributed by atoms with Gasteiger partial charge in [-0.2, -0.15) is 0 Å². The van der Waals surface area contributed by atoms with E-state index in [1.54, 1.807) is 6.07 Å². The molecule has 0 radical (unpaired) electrons. The van der Waals surface area contributed by atoms with Crippen molar-refractivity contribution >= 4 is 34.7 Å². The van der Waals surface area contributed by atoms with E-state index >= 15 is 0 Å². The van der Waals surface area contributed by atoms with E-state index in [1.165, 1.54) is 22.5 Å². The van der Waals surface area contributed by atoms with E-state index in [1.807, 2.05) is 47.9 Å². The van der Waals surface area contributed by atoms with Crippen LogP contribution in [-0.2, 0) is 6.42 Å². The SMILES string of the molecule is C#CCOc1c(Cl)cc(C=c2sc3n(c2=O)C(c2ccccc2)C2=C(N=3)c3ccccc3CC2)cc1OCC. The van der Waals surface area contributed by atoms with Gasteiger partial charge in [-0.05, 0) is 60.2 Å². The number of aryl methyl sites for hydroxylation is 1. The molecule has 7 heteroatoms. The van der Waals surface area contributed by atoms with E-state index in [0.717, 1.165) is 35.2 Å². The van der Waals surface area contributed by atoms with Crippen LogP contribution in [0.2, 0.25) is 5.02 Å². The van der Waals surface area contributed by atoms with E-state index in [4.69, 9.17) is 32.5 Å². The molecular weight excluding hydrogens is 528 g/mol. The molecule has 3 aromatic carbocycles. The molecule has 0 N–H and O–H groups in total. The molecule has 0 amide bonds. The van der Waals surface area contributed by atoms with Crippen LogP contribution in [0.3, 0.4) is 0 Å². The molecule has 2 heterocycles. The Kier molecular flexibility index (Phi) is 6.86. The number of hydrogen-bond acceptors (Lipinski definition) is 5. The van der Waals surface area contributed by atoms with Crippen LogP contribution >= 0.6 is 22.9 Å². The third-order valence-corrected chi connectivity index (χ3v) is 8.18. The molecule has 0 bridgehead atoms. The van der Waals surface area contributed by atoms with Gasteiger partial charge in [0.15, 0.2) is 16.3 Å². The molecular formula is C32H25ClN2O3S. The highest BCUT2D eigenvalue weighted by Gasteiger charge is 2.32. The van der Waals surface area contributed by atoms with Crippen LogP contribution in [0, 0.1) is 12.3 Å². The molecule has 2 aliphatic rings. The molecule has 1 aromatic heterocycles. The van der Waals surface area contributed by atoms with Crippen LogP contribution in [0.4, 0.5) is 0 Å². The summed E-state index contributed by atoms with van der Waals surface area (Å²) in [4.78, 5) is 19.7. The normalized spacial score (nSPS) is 16.0. The van der Waals surface area contributed by atoms with Gasteiger partial charge in [-0.25, -0.2) is 4.99 Å². The van der Waals surface area contributed by atoms with Gasteiger partial charge in [0.25, 0.3) is 5.56 Å². The van der Waals surface area contributed by atoms with Crippen molar-refractivity contribution < 1.29 is 9.47 Å². The second-order valence-electron chi connectivity index (χ2n) is 9.28. The highest BCUT2D eigenvalue weighted by molar-refractivity contribution is 7.07. The number of benzene rings is 3. The predicted molar refractivity (Wildman–Crippen MR) is 156 cm³/mol. The van der Waals surface area contributed by atoms with E-state index in [0.29, 0.717) is 32.5 Å². The van der Waals surface area contributed by atoms with Crippen molar-refractivity contribution in [3.63, 3.8) is 0 Å². The van der Waals surface area contributed by atoms with Crippen molar-refractivity contribution in [1.29, 1.82) is 0 Å². The first-order valence-corrected chi connectivity index (χ1v) is 14.0. The Morgan fingerprint density at radius 1 is 1.13 bits per heavy atom. The molecule has 1 unspecified atom stereocenters. The largest absolute Gasteiger partial charge is 0.490 e. The first-order chi connectivity index (χ1) is 19.1. The molecule has 4 aromatic rings. The number of hydrogen-bond donors (Lipinski definition) is 0. The monoisotopic (exact) mass is 552 g/mol. The summed E-state index contributed by atoms with van der Waals surface area (Å²) >= 11 is 7.93. The molecule has 6 rings (SSSR count). The molecule has 39 heavy (non-hydrogen) atoms. The minimum Gasteiger partial charge on any atom is -0.490 e. The van der Waals surface area contributed by atoms with Gasteiger partial charge < -0.3 is 9.47 Å². The Morgan fingerprint density at radius 3 is 2.72 bits per heavy atom. The Morgan fingerprint density at radius 2 is 1.92 bits per heavy atom. The summed E-state index contributed by atoms with van der Waals surface area (Å²) < 4.78 is 13.8. The first-order valence-electron chi connectivity index (χ1n) is 12.8. The molecule has 1 atom stereocenters. The minimum absolute atomic E-state index is 0.0744. The Labute approximate surface area is 235 Å². The van der Waals surface area contributed by atoms with E-state index in [2.05, 4.69) is 36.3 Å². The molecule has 194 valence electrons. The predicted octanol–water partition coefficient (Wildman–Crippen LogP) is 5.38. The van der Waals surface area contributed by atoms with Crippen LogP contribution < -0.4 is 24.4 Å². The van der Waals surface area contributed by atoms with Gasteiger partial charge in [-0.15, -0.1) is 6.42 Å². The zero-order valence-corrected chi connectivity index (χ0v) is 22.9. The standard InChI is InChI=1S/C32H25ClN2O3S/c1-3-16-38-30-25(33)17-20(18-26(30)37-4-2)19-27-31(36)35-29(22-11-6-5-7-12-22)24-15-14-21-10-8-9-13-23(21)28(24)34-32(35)39-27/h1,5-13,17-19,29H,4,14-16H2,2H3. The smallest absolute Gasteiger partial charge is 0.271 e. The Hall–Kier alpha value is -4.05. The van der Waals surface area contributed by atoms with Crippen LogP contribution in [0.1, 0.15) is 41.6 Å². The van der Waals surface area contributed by atoms with Crippen molar-refractivity contribution in [2.24, 2.45) is 4.99 Å². The van der Waals surface area contributed by atoms with E-state index in [9.17, 15) is 4.79 Å². The Bertz CT molecular complexity index is 1830. The lowest BCUT2D eigenvalue weighted by atomic mass is 9.83. The fraction of sp³-hybridized carbons (Fsp3) is 0.188. The maximum absolute atomic E-state index is 14.0. The number of terminal acetylenes is 1. The molecule has 1 aliphatic carbocycles. The number of ether oxygens (including phenoxy) is 2. The second kappa shape index (κ2) is 10.6. The van der Waals surface area contributed by atoms with Crippen LogP contribution in [0.25, 0.3) is 11.8 Å². The molecule has 0 fully saturated rings. The molecule has 5 nitrogen and oxygen atoms in total. The minimum atomic E-state index is -0.213. The lowest BCUT2D eigenvalue weighted by Gasteiger charge is -2.30. The van der Waals surface area contributed by atoms with Crippen LogP contribution in [0.5, 0.6) is 11.5 Å². The zero-order valence-electron chi connectivity index (χ0n) is 21.3. The van der Waals surface area contributed by atoms with Crippen molar-refractivity contribution in [3.8, 4) is 23.8 Å². The number of nitrogens with zero attached hydrogens (tertiary/aromatic N) is 2. The van der Waals surface area contributed by atoms with E-state index < -0.39 is 0 Å². The number of thiazole rings is 1. The second-order valence-corrected chi connectivity index (χ2v) is 10.7. The van der Waals surface area contributed by atoms with Gasteiger partial charge in [0.1, 0.15) is 6.61 Å². The lowest BCUT2D eigenvalue weighted by Crippen LogP contribution is -2.38. The maximum atomic E-state index is 14.0. The first kappa shape index (κ1) is 25.2. The topological polar surface area (TPSA) is 52.8 Å². The summed E-state index contributed by atoms with van der Waals surface area (Å²) in [5.41, 5.74) is 6.31.